The van der Waals surface area contributed by atoms with Gasteiger partial charge < -0.3 is 25.4 Å². The lowest BCUT2D eigenvalue weighted by molar-refractivity contribution is 0.132. The molecule has 2 rings (SSSR count). The largest absolute Gasteiger partial charge is 0.508 e. The molecule has 29 heavy (non-hydrogen) atoms. The highest BCUT2D eigenvalue weighted by molar-refractivity contribution is 6.30. The average Bonchev–Trinajstić information content (AvgIpc) is 2.74. The summed E-state index contributed by atoms with van der Waals surface area (Å²) < 4.78 is 5.70. The molecule has 1 aromatic rings. The van der Waals surface area contributed by atoms with Crippen LogP contribution in [0, 0.1) is 5.41 Å². The van der Waals surface area contributed by atoms with Crippen molar-refractivity contribution in [3.63, 3.8) is 0 Å². The lowest BCUT2D eigenvalue weighted by atomic mass is 9.78. The Morgan fingerprint density at radius 3 is 2.52 bits per heavy atom. The van der Waals surface area contributed by atoms with Crippen molar-refractivity contribution >= 4 is 11.6 Å². The van der Waals surface area contributed by atoms with Crippen molar-refractivity contribution in [3.8, 4) is 0 Å². The molecule has 5 nitrogen and oxygen atoms in total. The number of aliphatic hydroxyl groups is 3. The van der Waals surface area contributed by atoms with Gasteiger partial charge in [-0.05, 0) is 61.6 Å². The summed E-state index contributed by atoms with van der Waals surface area (Å²) in [7, 11) is 0. The Labute approximate surface area is 179 Å². The second-order valence-electron chi connectivity index (χ2n) is 7.76. The summed E-state index contributed by atoms with van der Waals surface area (Å²) in [5.74, 6) is 0.118. The predicted molar refractivity (Wildman–Crippen MR) is 117 cm³/mol. The number of nitrogens with one attached hydrogen (secondary N) is 1. The zero-order valence-corrected chi connectivity index (χ0v) is 17.8. The fourth-order valence-corrected chi connectivity index (χ4v) is 3.59. The van der Waals surface area contributed by atoms with Gasteiger partial charge in [-0.2, -0.15) is 0 Å². The molecule has 1 atom stereocenters. The molecule has 162 valence electrons. The first kappa shape index (κ1) is 23.9. The molecule has 0 aliphatic heterocycles. The van der Waals surface area contributed by atoms with Crippen molar-refractivity contribution < 1.29 is 20.1 Å². The van der Waals surface area contributed by atoms with Gasteiger partial charge in [0, 0.05) is 23.6 Å². The number of allylic oxidation sites excluding steroid dienone is 1. The van der Waals surface area contributed by atoms with Gasteiger partial charge in [-0.25, -0.2) is 0 Å². The summed E-state index contributed by atoms with van der Waals surface area (Å²) in [5.41, 5.74) is 1.38. The maximum absolute atomic E-state index is 9.77. The van der Waals surface area contributed by atoms with Gasteiger partial charge in [0.2, 0.25) is 0 Å². The van der Waals surface area contributed by atoms with Crippen molar-refractivity contribution in [1.29, 1.82) is 0 Å². The summed E-state index contributed by atoms with van der Waals surface area (Å²) in [5, 5.41) is 33.0. The standard InChI is InChI=1S/C23H34ClNO4/c24-21-7-5-19(6-8-21)10-14-29-13-4-2-1-3-12-25-17-23(18-27)11-9-22(28)20(15-23)16-26/h5-9,11,25-28H,1-4,10,12-18H2. The molecular weight excluding hydrogens is 390 g/mol. The van der Waals surface area contributed by atoms with Gasteiger partial charge in [-0.3, -0.25) is 0 Å². The second kappa shape index (κ2) is 13.0. The zero-order chi connectivity index (χ0) is 21.0. The summed E-state index contributed by atoms with van der Waals surface area (Å²) in [4.78, 5) is 0. The molecule has 6 heteroatoms. The monoisotopic (exact) mass is 423 g/mol. The third kappa shape index (κ3) is 8.49. The Balaban J connectivity index is 1.47. The van der Waals surface area contributed by atoms with Crippen LogP contribution >= 0.6 is 11.6 Å². The molecule has 0 bridgehead atoms. The topological polar surface area (TPSA) is 82.0 Å². The van der Waals surface area contributed by atoms with E-state index in [-0.39, 0.29) is 19.0 Å². The van der Waals surface area contributed by atoms with E-state index in [4.69, 9.17) is 16.3 Å². The van der Waals surface area contributed by atoms with Crippen molar-refractivity contribution in [2.24, 2.45) is 5.41 Å². The Bertz CT molecular complexity index is 659. The number of ether oxygens (including phenoxy) is 1. The first-order valence-corrected chi connectivity index (χ1v) is 10.8. The molecule has 0 heterocycles. The van der Waals surface area contributed by atoms with Crippen LogP contribution in [0.15, 0.2) is 47.7 Å². The number of hydrogen-bond donors (Lipinski definition) is 4. The summed E-state index contributed by atoms with van der Waals surface area (Å²) >= 11 is 5.88. The van der Waals surface area contributed by atoms with Crippen molar-refractivity contribution in [2.45, 2.75) is 38.5 Å². The number of hydrogen-bond acceptors (Lipinski definition) is 5. The third-order valence-corrected chi connectivity index (χ3v) is 5.60. The number of halogens is 1. The van der Waals surface area contributed by atoms with E-state index in [1.54, 1.807) is 6.08 Å². The minimum absolute atomic E-state index is 0.0133. The highest BCUT2D eigenvalue weighted by Gasteiger charge is 2.31. The van der Waals surface area contributed by atoms with Crippen LogP contribution in [0.5, 0.6) is 0 Å². The van der Waals surface area contributed by atoms with Crippen molar-refractivity contribution in [1.82, 2.24) is 5.32 Å². The maximum Gasteiger partial charge on any atom is 0.116 e. The first-order chi connectivity index (χ1) is 14.1. The van der Waals surface area contributed by atoms with Crippen LogP contribution in [0.2, 0.25) is 5.02 Å². The van der Waals surface area contributed by atoms with Crippen LogP contribution in [0.3, 0.4) is 0 Å². The Morgan fingerprint density at radius 2 is 1.79 bits per heavy atom. The Hall–Kier alpha value is -1.37. The van der Waals surface area contributed by atoms with E-state index in [1.165, 1.54) is 5.56 Å². The lowest BCUT2D eigenvalue weighted by Gasteiger charge is -2.32. The normalized spacial score (nSPS) is 19.1. The molecule has 1 aliphatic rings. The van der Waals surface area contributed by atoms with Gasteiger partial charge in [0.05, 0.1) is 19.8 Å². The molecule has 0 spiro atoms. The highest BCUT2D eigenvalue weighted by Crippen LogP contribution is 2.32. The molecule has 0 saturated carbocycles. The van der Waals surface area contributed by atoms with Crippen molar-refractivity contribution in [2.75, 3.05) is 39.5 Å². The molecule has 1 aromatic carbocycles. The summed E-state index contributed by atoms with van der Waals surface area (Å²) in [6, 6.07) is 7.88. The van der Waals surface area contributed by atoms with Gasteiger partial charge in [0.1, 0.15) is 5.76 Å². The predicted octanol–water partition coefficient (Wildman–Crippen LogP) is 3.79. The molecule has 0 fully saturated rings. The number of aliphatic hydroxyl groups excluding tert-OH is 3. The van der Waals surface area contributed by atoms with Gasteiger partial charge in [0.25, 0.3) is 0 Å². The van der Waals surface area contributed by atoms with Crippen molar-refractivity contribution in [3.05, 3.63) is 58.3 Å². The molecule has 0 radical (unpaired) electrons. The van der Waals surface area contributed by atoms with Crippen LogP contribution in [0.4, 0.5) is 0 Å². The van der Waals surface area contributed by atoms with Gasteiger partial charge in [-0.15, -0.1) is 0 Å². The van der Waals surface area contributed by atoms with Gasteiger partial charge >= 0.3 is 0 Å². The molecule has 1 aliphatic carbocycles. The smallest absolute Gasteiger partial charge is 0.116 e. The molecule has 4 N–H and O–H groups in total. The van der Waals surface area contributed by atoms with Crippen LogP contribution in [-0.2, 0) is 11.2 Å². The third-order valence-electron chi connectivity index (χ3n) is 5.35. The molecule has 0 amide bonds. The number of benzene rings is 1. The lowest BCUT2D eigenvalue weighted by Crippen LogP contribution is -2.38. The minimum Gasteiger partial charge on any atom is -0.508 e. The van der Waals surface area contributed by atoms with E-state index in [9.17, 15) is 15.3 Å². The Morgan fingerprint density at radius 1 is 1.03 bits per heavy atom. The van der Waals surface area contributed by atoms with Gasteiger partial charge in [-0.1, -0.05) is 42.7 Å². The van der Waals surface area contributed by atoms with Crippen LogP contribution in [0.25, 0.3) is 0 Å². The SMILES string of the molecule is OCC1=C(O)C=CC(CO)(CNCCCCCCOCCc2ccc(Cl)cc2)C1. The van der Waals surface area contributed by atoms with Crippen LogP contribution in [-0.4, -0.2) is 54.8 Å². The zero-order valence-electron chi connectivity index (χ0n) is 17.1. The summed E-state index contributed by atoms with van der Waals surface area (Å²) in [6.45, 7) is 2.85. The molecule has 1 unspecified atom stereocenters. The second-order valence-corrected chi connectivity index (χ2v) is 8.19. The minimum atomic E-state index is -0.442. The van der Waals surface area contributed by atoms with E-state index < -0.39 is 5.41 Å². The van der Waals surface area contributed by atoms with E-state index in [0.29, 0.717) is 18.5 Å². The molecule has 0 saturated heterocycles. The Kier molecular flexibility index (Phi) is 10.7. The van der Waals surface area contributed by atoms with Gasteiger partial charge in [0.15, 0.2) is 0 Å². The fraction of sp³-hybridized carbons (Fsp3) is 0.565. The fourth-order valence-electron chi connectivity index (χ4n) is 3.46. The van der Waals surface area contributed by atoms with Crippen LogP contribution in [0.1, 0.15) is 37.7 Å². The number of unbranched alkanes of at least 4 members (excludes halogenated alkanes) is 3. The maximum atomic E-state index is 9.77. The van der Waals surface area contributed by atoms with E-state index in [2.05, 4.69) is 5.32 Å². The molecule has 0 aromatic heterocycles. The van der Waals surface area contributed by atoms with Crippen LogP contribution < -0.4 is 5.32 Å². The summed E-state index contributed by atoms with van der Waals surface area (Å²) in [6.07, 6.45) is 9.22. The quantitative estimate of drug-likeness (QED) is 0.342. The average molecular weight is 424 g/mol. The number of rotatable bonds is 14. The van der Waals surface area contributed by atoms with E-state index in [1.807, 2.05) is 30.3 Å². The van der Waals surface area contributed by atoms with E-state index in [0.717, 1.165) is 56.9 Å². The van der Waals surface area contributed by atoms with E-state index >= 15 is 0 Å². The molecular formula is C23H34ClNO4. The first-order valence-electron chi connectivity index (χ1n) is 10.4. The highest BCUT2D eigenvalue weighted by atomic mass is 35.5.